The zero-order valence-electron chi connectivity index (χ0n) is 12.3. The van der Waals surface area contributed by atoms with E-state index < -0.39 is 0 Å². The molecule has 3 heteroatoms. The fraction of sp³-hybridized carbons (Fsp3) is 0.625. The first-order valence-electron chi connectivity index (χ1n) is 7.04. The Kier molecular flexibility index (Phi) is 4.14. The van der Waals surface area contributed by atoms with Crippen molar-refractivity contribution in [3.05, 3.63) is 29.6 Å². The largest absolute Gasteiger partial charge is 0.490 e. The molecular formula is C16H24FNO. The summed E-state index contributed by atoms with van der Waals surface area (Å²) in [6, 6.07) is 5.29. The molecule has 0 spiro atoms. The smallest absolute Gasteiger partial charge is 0.123 e. The molecule has 106 valence electrons. The van der Waals surface area contributed by atoms with Gasteiger partial charge in [-0.2, -0.15) is 0 Å². The number of nitrogens with one attached hydrogen (secondary N) is 1. The molecule has 0 amide bonds. The van der Waals surface area contributed by atoms with Gasteiger partial charge in [0.15, 0.2) is 0 Å². The Balaban J connectivity index is 1.92. The van der Waals surface area contributed by atoms with Crippen LogP contribution in [-0.2, 0) is 6.42 Å². The van der Waals surface area contributed by atoms with Crippen molar-refractivity contribution in [2.45, 2.75) is 52.7 Å². The predicted molar refractivity (Wildman–Crippen MR) is 76.1 cm³/mol. The van der Waals surface area contributed by atoms with E-state index in [9.17, 15) is 4.39 Å². The second-order valence-corrected chi connectivity index (χ2v) is 6.60. The molecule has 2 rings (SSSR count). The SMILES string of the molecule is CC(C)NCC(C)(C)CC1Cc2cc(F)ccc2O1. The van der Waals surface area contributed by atoms with Crippen molar-refractivity contribution in [3.8, 4) is 5.75 Å². The second-order valence-electron chi connectivity index (χ2n) is 6.60. The Hall–Kier alpha value is -1.09. The quantitative estimate of drug-likeness (QED) is 0.879. The number of fused-ring (bicyclic) bond motifs is 1. The maximum absolute atomic E-state index is 13.2. The number of hydrogen-bond acceptors (Lipinski definition) is 2. The highest BCUT2D eigenvalue weighted by Crippen LogP contribution is 2.34. The molecule has 0 bridgehead atoms. The Morgan fingerprint density at radius 3 is 2.84 bits per heavy atom. The molecule has 1 heterocycles. The third-order valence-corrected chi connectivity index (χ3v) is 3.53. The molecule has 0 aliphatic carbocycles. The van der Waals surface area contributed by atoms with E-state index >= 15 is 0 Å². The van der Waals surface area contributed by atoms with Gasteiger partial charge in [0.25, 0.3) is 0 Å². The van der Waals surface area contributed by atoms with Gasteiger partial charge in [-0.05, 0) is 30.0 Å². The first-order valence-corrected chi connectivity index (χ1v) is 7.04. The van der Waals surface area contributed by atoms with Gasteiger partial charge in [0.05, 0.1) is 0 Å². The van der Waals surface area contributed by atoms with Crippen molar-refractivity contribution in [1.29, 1.82) is 0 Å². The molecular weight excluding hydrogens is 241 g/mol. The Morgan fingerprint density at radius 1 is 1.42 bits per heavy atom. The molecule has 1 N–H and O–H groups in total. The molecule has 2 nitrogen and oxygen atoms in total. The fourth-order valence-electron chi connectivity index (χ4n) is 2.57. The van der Waals surface area contributed by atoms with Crippen LogP contribution in [0.4, 0.5) is 4.39 Å². The Morgan fingerprint density at radius 2 is 2.16 bits per heavy atom. The van der Waals surface area contributed by atoms with Gasteiger partial charge in [0.2, 0.25) is 0 Å². The molecule has 0 radical (unpaired) electrons. The number of rotatable bonds is 5. The first-order chi connectivity index (χ1) is 8.85. The van der Waals surface area contributed by atoms with Crippen LogP contribution < -0.4 is 10.1 Å². The lowest BCUT2D eigenvalue weighted by atomic mass is 9.85. The predicted octanol–water partition coefficient (Wildman–Crippen LogP) is 3.54. The molecule has 0 saturated heterocycles. The maximum Gasteiger partial charge on any atom is 0.123 e. The first kappa shape index (κ1) is 14.3. The van der Waals surface area contributed by atoms with Crippen molar-refractivity contribution in [3.63, 3.8) is 0 Å². The number of hydrogen-bond donors (Lipinski definition) is 1. The molecule has 1 aromatic rings. The highest BCUT2D eigenvalue weighted by Gasteiger charge is 2.29. The Bertz CT molecular complexity index is 442. The van der Waals surface area contributed by atoms with E-state index in [4.69, 9.17) is 4.74 Å². The summed E-state index contributed by atoms with van der Waals surface area (Å²) in [7, 11) is 0. The molecule has 0 saturated carbocycles. The monoisotopic (exact) mass is 265 g/mol. The van der Waals surface area contributed by atoms with Crippen LogP contribution in [0, 0.1) is 11.2 Å². The van der Waals surface area contributed by atoms with Gasteiger partial charge in [-0.15, -0.1) is 0 Å². The third kappa shape index (κ3) is 3.93. The number of halogens is 1. The minimum absolute atomic E-state index is 0.167. The highest BCUT2D eigenvalue weighted by molar-refractivity contribution is 5.37. The third-order valence-electron chi connectivity index (χ3n) is 3.53. The lowest BCUT2D eigenvalue weighted by Gasteiger charge is -2.29. The molecule has 19 heavy (non-hydrogen) atoms. The van der Waals surface area contributed by atoms with Crippen molar-refractivity contribution in [1.82, 2.24) is 5.32 Å². The van der Waals surface area contributed by atoms with Crippen LogP contribution in [0.5, 0.6) is 5.75 Å². The molecule has 0 fully saturated rings. The van der Waals surface area contributed by atoms with Crippen molar-refractivity contribution in [2.24, 2.45) is 5.41 Å². The average Bonchev–Trinajstić information content (AvgIpc) is 2.67. The molecule has 0 aromatic heterocycles. The summed E-state index contributed by atoms with van der Waals surface area (Å²) in [5, 5.41) is 3.47. The molecule has 1 aliphatic rings. The molecule has 1 aromatic carbocycles. The zero-order valence-corrected chi connectivity index (χ0v) is 12.3. The highest BCUT2D eigenvalue weighted by atomic mass is 19.1. The van der Waals surface area contributed by atoms with E-state index in [2.05, 4.69) is 33.0 Å². The van der Waals surface area contributed by atoms with Gasteiger partial charge in [0.1, 0.15) is 17.7 Å². The molecule has 1 aliphatic heterocycles. The van der Waals surface area contributed by atoms with Gasteiger partial charge in [-0.25, -0.2) is 4.39 Å². The van der Waals surface area contributed by atoms with E-state index in [1.165, 1.54) is 6.07 Å². The summed E-state index contributed by atoms with van der Waals surface area (Å²) in [4.78, 5) is 0. The average molecular weight is 265 g/mol. The van der Waals surface area contributed by atoms with Gasteiger partial charge in [-0.1, -0.05) is 27.7 Å². The van der Waals surface area contributed by atoms with E-state index in [-0.39, 0.29) is 17.3 Å². The molecule has 1 atom stereocenters. The van der Waals surface area contributed by atoms with Crippen LogP contribution in [0.1, 0.15) is 39.7 Å². The minimum atomic E-state index is -0.177. The summed E-state index contributed by atoms with van der Waals surface area (Å²) in [5.74, 6) is 0.669. The standard InChI is InChI=1S/C16H24FNO/c1-11(2)18-10-16(3,4)9-14-8-12-7-13(17)5-6-15(12)19-14/h5-7,11,14,18H,8-10H2,1-4H3. The Labute approximate surface area is 115 Å². The van der Waals surface area contributed by atoms with Crippen LogP contribution in [0.15, 0.2) is 18.2 Å². The topological polar surface area (TPSA) is 21.3 Å². The van der Waals surface area contributed by atoms with Crippen molar-refractivity contribution >= 4 is 0 Å². The summed E-state index contributed by atoms with van der Waals surface area (Å²) < 4.78 is 19.1. The van der Waals surface area contributed by atoms with Gasteiger partial charge < -0.3 is 10.1 Å². The van der Waals surface area contributed by atoms with Gasteiger partial charge >= 0.3 is 0 Å². The zero-order chi connectivity index (χ0) is 14.0. The summed E-state index contributed by atoms with van der Waals surface area (Å²) >= 11 is 0. The lowest BCUT2D eigenvalue weighted by Crippen LogP contribution is -2.36. The lowest BCUT2D eigenvalue weighted by molar-refractivity contribution is 0.153. The fourth-order valence-corrected chi connectivity index (χ4v) is 2.57. The van der Waals surface area contributed by atoms with Crippen LogP contribution >= 0.6 is 0 Å². The van der Waals surface area contributed by atoms with E-state index in [1.807, 2.05) is 0 Å². The van der Waals surface area contributed by atoms with E-state index in [0.717, 1.165) is 30.7 Å². The second kappa shape index (κ2) is 5.49. The summed E-state index contributed by atoms with van der Waals surface area (Å²) in [5.41, 5.74) is 1.17. The van der Waals surface area contributed by atoms with Gasteiger partial charge in [-0.3, -0.25) is 0 Å². The van der Waals surface area contributed by atoms with Gasteiger partial charge in [0, 0.05) is 24.6 Å². The number of benzene rings is 1. The number of ether oxygens (including phenoxy) is 1. The van der Waals surface area contributed by atoms with Crippen LogP contribution in [0.3, 0.4) is 0 Å². The summed E-state index contributed by atoms with van der Waals surface area (Å²) in [6.45, 7) is 9.77. The normalized spacial score (nSPS) is 18.5. The molecule has 1 unspecified atom stereocenters. The van der Waals surface area contributed by atoms with Crippen molar-refractivity contribution < 1.29 is 9.13 Å². The summed E-state index contributed by atoms with van der Waals surface area (Å²) in [6.07, 6.45) is 1.96. The van der Waals surface area contributed by atoms with Crippen molar-refractivity contribution in [2.75, 3.05) is 6.54 Å². The van der Waals surface area contributed by atoms with E-state index in [1.54, 1.807) is 12.1 Å². The van der Waals surface area contributed by atoms with E-state index in [0.29, 0.717) is 6.04 Å². The maximum atomic E-state index is 13.2. The van der Waals surface area contributed by atoms with Crippen LogP contribution in [0.2, 0.25) is 0 Å². The van der Waals surface area contributed by atoms with Crippen LogP contribution in [-0.4, -0.2) is 18.7 Å². The minimum Gasteiger partial charge on any atom is -0.490 e. The van der Waals surface area contributed by atoms with Crippen LogP contribution in [0.25, 0.3) is 0 Å².